The van der Waals surface area contributed by atoms with Crippen molar-refractivity contribution in [1.82, 2.24) is 0 Å². The standard InChI is InChI=1S/C18H22N2O6S2/c1-18-9-8-14-13-5-3-12(25-27(19,21)22)10-11(13)2-4-15(14)16(18)6-7-17(18)26-28(20,23)24/h3,5-6,10,17H,2,4,7-9H2,1H3,(H2,19,21,22)(H2,20,23,24)/t17-,18-/m0/s1. The zero-order valence-corrected chi connectivity index (χ0v) is 17.0. The third-order valence-electron chi connectivity index (χ3n) is 5.95. The van der Waals surface area contributed by atoms with Crippen LogP contribution in [-0.4, -0.2) is 22.9 Å². The Morgan fingerprint density at radius 2 is 1.79 bits per heavy atom. The smallest absolute Gasteiger partial charge is 0.371 e. The highest BCUT2D eigenvalue weighted by Gasteiger charge is 2.48. The van der Waals surface area contributed by atoms with Gasteiger partial charge in [-0.05, 0) is 72.1 Å². The molecule has 0 heterocycles. The van der Waals surface area contributed by atoms with Crippen LogP contribution in [0.5, 0.6) is 5.75 Å². The highest BCUT2D eigenvalue weighted by molar-refractivity contribution is 7.84. The summed E-state index contributed by atoms with van der Waals surface area (Å²) in [5.41, 5.74) is 5.27. The van der Waals surface area contributed by atoms with E-state index in [4.69, 9.17) is 18.6 Å². The van der Waals surface area contributed by atoms with Crippen molar-refractivity contribution in [2.45, 2.75) is 45.1 Å². The third kappa shape index (κ3) is 3.50. The van der Waals surface area contributed by atoms with Gasteiger partial charge in [-0.2, -0.15) is 22.0 Å². The first-order valence-electron chi connectivity index (χ1n) is 8.96. The molecule has 0 spiro atoms. The lowest BCUT2D eigenvalue weighted by atomic mass is 9.65. The molecule has 1 aromatic carbocycles. The van der Waals surface area contributed by atoms with E-state index < -0.39 is 26.7 Å². The molecule has 8 nitrogen and oxygen atoms in total. The number of allylic oxidation sites excluding steroid dienone is 2. The van der Waals surface area contributed by atoms with Crippen LogP contribution in [0.1, 0.15) is 43.7 Å². The summed E-state index contributed by atoms with van der Waals surface area (Å²) in [5, 5.41) is 10.0. The van der Waals surface area contributed by atoms with Crippen molar-refractivity contribution in [1.29, 1.82) is 0 Å². The van der Waals surface area contributed by atoms with Gasteiger partial charge in [0.1, 0.15) is 5.75 Å². The Hall–Kier alpha value is -1.72. The predicted molar refractivity (Wildman–Crippen MR) is 103 cm³/mol. The summed E-state index contributed by atoms with van der Waals surface area (Å²) in [6.45, 7) is 2.03. The van der Waals surface area contributed by atoms with Crippen molar-refractivity contribution in [3.05, 3.63) is 46.5 Å². The van der Waals surface area contributed by atoms with E-state index in [0.717, 1.165) is 42.4 Å². The predicted octanol–water partition coefficient (Wildman–Crippen LogP) is 1.69. The Kier molecular flexibility index (Phi) is 4.47. The fourth-order valence-corrected chi connectivity index (χ4v) is 5.75. The molecule has 0 unspecified atom stereocenters. The van der Waals surface area contributed by atoms with Gasteiger partial charge in [0.2, 0.25) is 0 Å². The maximum atomic E-state index is 11.4. The van der Waals surface area contributed by atoms with Gasteiger partial charge in [-0.3, -0.25) is 4.18 Å². The van der Waals surface area contributed by atoms with E-state index in [9.17, 15) is 16.8 Å². The van der Waals surface area contributed by atoms with Gasteiger partial charge in [-0.15, -0.1) is 0 Å². The molecule has 2 atom stereocenters. The monoisotopic (exact) mass is 426 g/mol. The molecule has 1 aromatic rings. The van der Waals surface area contributed by atoms with Crippen LogP contribution in [0, 0.1) is 5.41 Å². The fraction of sp³-hybridized carbons (Fsp3) is 0.444. The first kappa shape index (κ1) is 19.6. The Morgan fingerprint density at radius 3 is 2.46 bits per heavy atom. The zero-order valence-electron chi connectivity index (χ0n) is 15.3. The van der Waals surface area contributed by atoms with Crippen LogP contribution in [0.3, 0.4) is 0 Å². The van der Waals surface area contributed by atoms with E-state index in [1.54, 1.807) is 12.1 Å². The molecule has 10 heteroatoms. The largest absolute Gasteiger partial charge is 0.380 e. The summed E-state index contributed by atoms with van der Waals surface area (Å²) >= 11 is 0. The molecule has 0 bridgehead atoms. The molecule has 4 N–H and O–H groups in total. The van der Waals surface area contributed by atoms with Crippen molar-refractivity contribution in [3.8, 4) is 5.75 Å². The maximum Gasteiger partial charge on any atom is 0.380 e. The van der Waals surface area contributed by atoms with E-state index in [0.29, 0.717) is 6.42 Å². The van der Waals surface area contributed by atoms with E-state index >= 15 is 0 Å². The molecule has 0 aliphatic heterocycles. The number of rotatable bonds is 4. The Labute approximate surface area is 164 Å². The number of benzene rings is 1. The minimum absolute atomic E-state index is 0.202. The van der Waals surface area contributed by atoms with Crippen LogP contribution >= 0.6 is 0 Å². The van der Waals surface area contributed by atoms with E-state index in [-0.39, 0.29) is 11.2 Å². The number of fused-ring (bicyclic) bond motifs is 4. The average molecular weight is 427 g/mol. The molecule has 0 aromatic heterocycles. The van der Waals surface area contributed by atoms with Crippen molar-refractivity contribution in [2.75, 3.05) is 0 Å². The molecule has 0 saturated carbocycles. The Bertz CT molecular complexity index is 1120. The number of aryl methyl sites for hydroxylation is 1. The second-order valence-electron chi connectivity index (χ2n) is 7.70. The number of hydrogen-bond donors (Lipinski definition) is 2. The molecule has 3 aliphatic carbocycles. The van der Waals surface area contributed by atoms with Crippen molar-refractivity contribution in [2.24, 2.45) is 15.7 Å². The lowest BCUT2D eigenvalue weighted by Gasteiger charge is -2.41. The van der Waals surface area contributed by atoms with Gasteiger partial charge < -0.3 is 4.18 Å². The SMILES string of the molecule is C[C@]12CCC3=C(CCc4cc(OS(N)(=O)=O)ccc43)C1=CC[C@@H]2OS(N)(=O)=O. The van der Waals surface area contributed by atoms with Gasteiger partial charge in [0, 0.05) is 5.41 Å². The molecule has 152 valence electrons. The van der Waals surface area contributed by atoms with Gasteiger partial charge in [-0.25, -0.2) is 5.14 Å². The van der Waals surface area contributed by atoms with Crippen LogP contribution in [-0.2, 0) is 31.2 Å². The Morgan fingerprint density at radius 1 is 1.04 bits per heavy atom. The summed E-state index contributed by atoms with van der Waals surface area (Å²) < 4.78 is 55.2. The van der Waals surface area contributed by atoms with Crippen LogP contribution in [0.4, 0.5) is 0 Å². The van der Waals surface area contributed by atoms with Gasteiger partial charge in [0.25, 0.3) is 0 Å². The van der Waals surface area contributed by atoms with Gasteiger partial charge in [-0.1, -0.05) is 19.1 Å². The van der Waals surface area contributed by atoms with Gasteiger partial charge in [0.15, 0.2) is 0 Å². The molecule has 28 heavy (non-hydrogen) atoms. The molecule has 0 saturated heterocycles. The van der Waals surface area contributed by atoms with Crippen molar-refractivity contribution in [3.63, 3.8) is 0 Å². The van der Waals surface area contributed by atoms with Crippen LogP contribution in [0.15, 0.2) is 35.4 Å². The summed E-state index contributed by atoms with van der Waals surface area (Å²) in [6.07, 6.45) is 5.11. The first-order valence-corrected chi connectivity index (χ1v) is 11.9. The number of nitrogens with two attached hydrogens (primary N) is 2. The van der Waals surface area contributed by atoms with E-state index in [2.05, 4.69) is 6.08 Å². The topological polar surface area (TPSA) is 139 Å². The molecular formula is C18H22N2O6S2. The molecule has 3 aliphatic rings. The van der Waals surface area contributed by atoms with Crippen LogP contribution < -0.4 is 14.5 Å². The summed E-state index contributed by atoms with van der Waals surface area (Å²) in [7, 11) is -8.08. The average Bonchev–Trinajstić information content (AvgIpc) is 2.88. The van der Waals surface area contributed by atoms with E-state index in [1.807, 2.05) is 13.0 Å². The molecule has 0 amide bonds. The zero-order chi connectivity index (χ0) is 20.3. The maximum absolute atomic E-state index is 11.4. The molecule has 0 fully saturated rings. The highest BCUT2D eigenvalue weighted by Crippen LogP contribution is 2.56. The van der Waals surface area contributed by atoms with Gasteiger partial charge in [0.05, 0.1) is 6.10 Å². The third-order valence-corrected chi connectivity index (χ3v) is 6.88. The van der Waals surface area contributed by atoms with E-state index in [1.165, 1.54) is 11.1 Å². The Balaban J connectivity index is 1.69. The van der Waals surface area contributed by atoms with Crippen molar-refractivity contribution >= 4 is 26.2 Å². The summed E-state index contributed by atoms with van der Waals surface area (Å²) in [6, 6.07) is 5.18. The highest BCUT2D eigenvalue weighted by atomic mass is 32.2. The minimum atomic E-state index is -4.06. The lowest BCUT2D eigenvalue weighted by molar-refractivity contribution is 0.102. The summed E-state index contributed by atoms with van der Waals surface area (Å²) in [5.74, 6) is 0.202. The van der Waals surface area contributed by atoms with Crippen molar-refractivity contribution < 1.29 is 25.2 Å². The molecule has 4 rings (SSSR count). The summed E-state index contributed by atoms with van der Waals surface area (Å²) in [4.78, 5) is 0. The second-order valence-corrected chi connectivity index (χ2v) is 10.0. The fourth-order valence-electron chi connectivity index (χ4n) is 4.76. The minimum Gasteiger partial charge on any atom is -0.371 e. The number of hydrogen-bond acceptors (Lipinski definition) is 6. The second kappa shape index (κ2) is 6.39. The normalized spacial score (nSPS) is 27.0. The van der Waals surface area contributed by atoms with Crippen LogP contribution in [0.25, 0.3) is 5.57 Å². The van der Waals surface area contributed by atoms with Crippen LogP contribution in [0.2, 0.25) is 0 Å². The molecule has 0 radical (unpaired) electrons. The molecular weight excluding hydrogens is 404 g/mol. The lowest BCUT2D eigenvalue weighted by Crippen LogP contribution is -2.38. The van der Waals surface area contributed by atoms with Gasteiger partial charge >= 0.3 is 20.6 Å². The quantitative estimate of drug-likeness (QED) is 0.751. The first-order chi connectivity index (χ1) is 13.0.